The highest BCUT2D eigenvalue weighted by Crippen LogP contribution is 2.18. The molecule has 0 radical (unpaired) electrons. The lowest BCUT2D eigenvalue weighted by atomic mass is 10.0. The van der Waals surface area contributed by atoms with Crippen molar-refractivity contribution in [3.63, 3.8) is 0 Å². The SMILES string of the molecule is CCOC(=O)[C@H](CCc1ccccc1)N[C@@H](C)C(=O)N1C(=O)N(C)C[C@@H]1OC(=O)O. The molecule has 10 nitrogen and oxygen atoms in total. The van der Waals surface area contributed by atoms with Gasteiger partial charge >= 0.3 is 18.2 Å². The zero-order valence-corrected chi connectivity index (χ0v) is 17.2. The van der Waals surface area contributed by atoms with Gasteiger partial charge in [0.05, 0.1) is 19.2 Å². The summed E-state index contributed by atoms with van der Waals surface area (Å²) < 4.78 is 9.78. The molecule has 1 aliphatic rings. The summed E-state index contributed by atoms with van der Waals surface area (Å²) in [5.74, 6) is -1.19. The largest absolute Gasteiger partial charge is 0.507 e. The molecule has 1 fully saturated rings. The minimum atomic E-state index is -1.59. The van der Waals surface area contributed by atoms with Crippen molar-refractivity contribution < 1.29 is 33.8 Å². The van der Waals surface area contributed by atoms with Crippen LogP contribution in [0.5, 0.6) is 0 Å². The van der Waals surface area contributed by atoms with E-state index in [-0.39, 0.29) is 13.2 Å². The summed E-state index contributed by atoms with van der Waals surface area (Å²) in [6, 6.07) is 7.15. The normalized spacial score (nSPS) is 18.1. The van der Waals surface area contributed by atoms with Gasteiger partial charge in [0.15, 0.2) is 0 Å². The third-order valence-corrected chi connectivity index (χ3v) is 4.68. The summed E-state index contributed by atoms with van der Waals surface area (Å²) in [5, 5.41) is 11.8. The molecule has 3 amide bonds. The lowest BCUT2D eigenvalue weighted by Gasteiger charge is -2.26. The van der Waals surface area contributed by atoms with Crippen LogP contribution in [0.1, 0.15) is 25.8 Å². The average molecular weight is 421 g/mol. The van der Waals surface area contributed by atoms with E-state index in [0.717, 1.165) is 10.5 Å². The first-order chi connectivity index (χ1) is 14.2. The number of urea groups is 1. The number of hydrogen-bond donors (Lipinski definition) is 2. The number of likely N-dealkylation sites (N-methyl/N-ethyl adjacent to an activating group) is 1. The lowest BCUT2D eigenvalue weighted by Crippen LogP contribution is -2.54. The molecule has 1 aliphatic heterocycles. The molecule has 1 heterocycles. The number of carbonyl (C=O) groups excluding carboxylic acids is 3. The Morgan fingerprint density at radius 2 is 1.93 bits per heavy atom. The molecule has 1 saturated heterocycles. The highest BCUT2D eigenvalue weighted by Gasteiger charge is 2.44. The third kappa shape index (κ3) is 5.93. The van der Waals surface area contributed by atoms with Crippen LogP contribution in [0.4, 0.5) is 9.59 Å². The molecular formula is C20H27N3O7. The summed E-state index contributed by atoms with van der Waals surface area (Å²) in [7, 11) is 1.44. The summed E-state index contributed by atoms with van der Waals surface area (Å²) in [4.78, 5) is 50.4. The van der Waals surface area contributed by atoms with Crippen molar-refractivity contribution in [1.82, 2.24) is 15.1 Å². The van der Waals surface area contributed by atoms with Crippen LogP contribution >= 0.6 is 0 Å². The van der Waals surface area contributed by atoms with E-state index in [1.807, 2.05) is 30.3 Å². The van der Waals surface area contributed by atoms with Gasteiger partial charge in [0.25, 0.3) is 5.91 Å². The molecule has 10 heteroatoms. The van der Waals surface area contributed by atoms with Gasteiger partial charge in [0.1, 0.15) is 6.04 Å². The van der Waals surface area contributed by atoms with Gasteiger partial charge in [-0.25, -0.2) is 14.5 Å². The molecule has 3 atom stereocenters. The number of amides is 3. The van der Waals surface area contributed by atoms with E-state index in [9.17, 15) is 19.2 Å². The van der Waals surface area contributed by atoms with Crippen molar-refractivity contribution >= 4 is 24.1 Å². The van der Waals surface area contributed by atoms with Crippen molar-refractivity contribution in [2.75, 3.05) is 20.2 Å². The van der Waals surface area contributed by atoms with Gasteiger partial charge < -0.3 is 19.5 Å². The average Bonchev–Trinajstić information content (AvgIpc) is 2.97. The van der Waals surface area contributed by atoms with E-state index >= 15 is 0 Å². The van der Waals surface area contributed by atoms with E-state index in [1.54, 1.807) is 6.92 Å². The number of carboxylic acid groups (broad SMARTS) is 1. The van der Waals surface area contributed by atoms with Crippen molar-refractivity contribution in [3.05, 3.63) is 35.9 Å². The molecule has 2 rings (SSSR count). The minimum Gasteiger partial charge on any atom is -0.465 e. The second-order valence-corrected chi connectivity index (χ2v) is 6.93. The molecule has 164 valence electrons. The highest BCUT2D eigenvalue weighted by molar-refractivity contribution is 5.98. The summed E-state index contributed by atoms with van der Waals surface area (Å²) >= 11 is 0. The maximum absolute atomic E-state index is 12.9. The van der Waals surface area contributed by atoms with E-state index in [1.165, 1.54) is 18.9 Å². The van der Waals surface area contributed by atoms with Gasteiger partial charge in [0, 0.05) is 7.05 Å². The van der Waals surface area contributed by atoms with Crippen molar-refractivity contribution in [3.8, 4) is 0 Å². The van der Waals surface area contributed by atoms with Crippen LogP contribution in [0.25, 0.3) is 0 Å². The number of carbonyl (C=O) groups is 4. The smallest absolute Gasteiger partial charge is 0.465 e. The summed E-state index contributed by atoms with van der Waals surface area (Å²) in [6.45, 7) is 3.31. The van der Waals surface area contributed by atoms with Gasteiger partial charge in [-0.3, -0.25) is 14.9 Å². The molecule has 0 unspecified atom stereocenters. The number of imide groups is 1. The van der Waals surface area contributed by atoms with E-state index in [4.69, 9.17) is 9.84 Å². The van der Waals surface area contributed by atoms with Crippen molar-refractivity contribution in [2.24, 2.45) is 0 Å². The first-order valence-electron chi connectivity index (χ1n) is 9.69. The summed E-state index contributed by atoms with van der Waals surface area (Å²) in [5.41, 5.74) is 1.03. The first-order valence-corrected chi connectivity index (χ1v) is 9.69. The predicted octanol–water partition coefficient (Wildman–Crippen LogP) is 1.44. The fourth-order valence-corrected chi connectivity index (χ4v) is 3.19. The molecule has 0 aromatic heterocycles. The van der Waals surface area contributed by atoms with Gasteiger partial charge in [-0.1, -0.05) is 30.3 Å². The van der Waals surface area contributed by atoms with Crippen LogP contribution in [-0.4, -0.2) is 77.5 Å². The molecule has 1 aromatic rings. The standard InChI is InChI=1S/C20H27N3O7/c1-4-29-18(25)15(11-10-14-8-6-5-7-9-14)21-13(2)17(24)23-16(30-20(27)28)12-22(3)19(23)26/h5-9,13,15-16,21H,4,10-12H2,1-3H3,(H,27,28)/t13-,15-,16-/m0/s1. The number of ether oxygens (including phenoxy) is 2. The first kappa shape index (κ1) is 23.1. The second kappa shape index (κ2) is 10.6. The van der Waals surface area contributed by atoms with Crippen molar-refractivity contribution in [1.29, 1.82) is 0 Å². The van der Waals surface area contributed by atoms with E-state index < -0.39 is 42.4 Å². The fraction of sp³-hybridized carbons (Fsp3) is 0.500. The van der Waals surface area contributed by atoms with Crippen molar-refractivity contribution in [2.45, 2.75) is 45.0 Å². The van der Waals surface area contributed by atoms with Crippen LogP contribution in [-0.2, 0) is 25.5 Å². The van der Waals surface area contributed by atoms with Crippen LogP contribution in [0.15, 0.2) is 30.3 Å². The minimum absolute atomic E-state index is 0.0705. The Morgan fingerprint density at radius 1 is 1.27 bits per heavy atom. The van der Waals surface area contributed by atoms with Crippen LogP contribution in [0, 0.1) is 0 Å². The molecule has 0 aliphatic carbocycles. The van der Waals surface area contributed by atoms with Crippen LogP contribution in [0.2, 0.25) is 0 Å². The number of esters is 1. The predicted molar refractivity (Wildman–Crippen MR) is 106 cm³/mol. The maximum atomic E-state index is 12.9. The number of rotatable bonds is 9. The third-order valence-electron chi connectivity index (χ3n) is 4.68. The number of benzene rings is 1. The molecule has 30 heavy (non-hydrogen) atoms. The Balaban J connectivity index is 2.09. The Bertz CT molecular complexity index is 771. The van der Waals surface area contributed by atoms with Crippen LogP contribution < -0.4 is 5.32 Å². The number of nitrogens with one attached hydrogen (secondary N) is 1. The number of nitrogens with zero attached hydrogens (tertiary/aromatic N) is 2. The van der Waals surface area contributed by atoms with E-state index in [0.29, 0.717) is 12.8 Å². The zero-order valence-electron chi connectivity index (χ0n) is 17.2. The molecule has 0 saturated carbocycles. The topological polar surface area (TPSA) is 125 Å². The fourth-order valence-electron chi connectivity index (χ4n) is 3.19. The Kier molecular flexibility index (Phi) is 8.16. The van der Waals surface area contributed by atoms with Gasteiger partial charge in [-0.15, -0.1) is 0 Å². The Morgan fingerprint density at radius 3 is 2.53 bits per heavy atom. The van der Waals surface area contributed by atoms with E-state index in [2.05, 4.69) is 10.1 Å². The highest BCUT2D eigenvalue weighted by atomic mass is 16.7. The second-order valence-electron chi connectivity index (χ2n) is 6.93. The quantitative estimate of drug-likeness (QED) is 0.574. The maximum Gasteiger partial charge on any atom is 0.507 e. The summed E-state index contributed by atoms with van der Waals surface area (Å²) in [6.07, 6.45) is -1.88. The molecule has 1 aromatic carbocycles. The van der Waals surface area contributed by atoms with Crippen LogP contribution in [0.3, 0.4) is 0 Å². The number of hydrogen-bond acceptors (Lipinski definition) is 7. The molecule has 2 N–H and O–H groups in total. The Labute approximate surface area is 174 Å². The molecule has 0 bridgehead atoms. The van der Waals surface area contributed by atoms with Gasteiger partial charge in [-0.05, 0) is 32.3 Å². The molecular weight excluding hydrogens is 394 g/mol. The monoisotopic (exact) mass is 421 g/mol. The Hall–Kier alpha value is -3.14. The molecule has 0 spiro atoms. The zero-order chi connectivity index (χ0) is 22.3. The lowest BCUT2D eigenvalue weighted by molar-refractivity contribution is -0.146. The van der Waals surface area contributed by atoms with Gasteiger partial charge in [-0.2, -0.15) is 0 Å². The number of aryl methyl sites for hydroxylation is 1. The van der Waals surface area contributed by atoms with Gasteiger partial charge in [0.2, 0.25) is 6.23 Å².